The number of rotatable bonds is 4. The van der Waals surface area contributed by atoms with Crippen LogP contribution in [0.1, 0.15) is 39.0 Å². The first-order valence-electron chi connectivity index (χ1n) is 5.27. The van der Waals surface area contributed by atoms with Crippen molar-refractivity contribution in [2.45, 2.75) is 39.0 Å². The summed E-state index contributed by atoms with van der Waals surface area (Å²) < 4.78 is 0. The van der Waals surface area contributed by atoms with Gasteiger partial charge in [0, 0.05) is 64.7 Å². The second-order valence-corrected chi connectivity index (χ2v) is 3.84. The summed E-state index contributed by atoms with van der Waals surface area (Å²) in [7, 11) is 0. The second-order valence-electron chi connectivity index (χ2n) is 3.84. The van der Waals surface area contributed by atoms with Gasteiger partial charge in [-0.1, -0.05) is 19.8 Å². The molecule has 0 spiro atoms. The smallest absolute Gasteiger partial charge is 0.332 e. The molecule has 4 nitrogen and oxygen atoms in total. The van der Waals surface area contributed by atoms with E-state index in [-0.39, 0.29) is 82.6 Å². The van der Waals surface area contributed by atoms with E-state index in [1.807, 2.05) is 0 Å². The fourth-order valence-corrected chi connectivity index (χ4v) is 2.22. The summed E-state index contributed by atoms with van der Waals surface area (Å²) in [6.07, 6.45) is 3.88. The van der Waals surface area contributed by atoms with Gasteiger partial charge < -0.3 is 10.2 Å². The minimum atomic E-state index is -1.10. The largest absolute Gasteiger partial charge is 0.478 e. The molecule has 0 heterocycles. The molecule has 0 saturated heterocycles. The summed E-state index contributed by atoms with van der Waals surface area (Å²) in [5.41, 5.74) is 0.192. The number of aliphatic carboxylic acids is 2. The summed E-state index contributed by atoms with van der Waals surface area (Å²) in [4.78, 5) is 22.0. The van der Waals surface area contributed by atoms with E-state index in [2.05, 4.69) is 0 Å². The molecule has 6 heteroatoms. The Morgan fingerprint density at radius 1 is 1.06 bits per heavy atom. The van der Waals surface area contributed by atoms with Crippen molar-refractivity contribution in [1.82, 2.24) is 0 Å². The van der Waals surface area contributed by atoms with Crippen molar-refractivity contribution >= 4 is 71.1 Å². The number of carboxylic acid groups (broad SMARTS) is 2. The van der Waals surface area contributed by atoms with Gasteiger partial charge in [-0.3, -0.25) is 0 Å². The normalized spacial score (nSPS) is 16.5. The molecule has 0 unspecified atom stereocenters. The van der Waals surface area contributed by atoms with E-state index in [0.29, 0.717) is 0 Å². The van der Waals surface area contributed by atoms with Crippen molar-refractivity contribution in [3.05, 3.63) is 11.1 Å². The molecule has 0 atom stereocenters. The molecule has 1 saturated carbocycles. The first kappa shape index (κ1) is 20.0. The van der Waals surface area contributed by atoms with Crippen LogP contribution in [0.3, 0.4) is 0 Å². The predicted molar refractivity (Wildman–Crippen MR) is 66.1 cm³/mol. The fraction of sp³-hybridized carbons (Fsp3) is 0.636. The molecule has 0 aromatic rings. The van der Waals surface area contributed by atoms with E-state index >= 15 is 0 Å². The van der Waals surface area contributed by atoms with Gasteiger partial charge >= 0.3 is 11.9 Å². The van der Waals surface area contributed by atoms with Crippen LogP contribution in [0.2, 0.25) is 0 Å². The van der Waals surface area contributed by atoms with E-state index in [9.17, 15) is 9.59 Å². The summed E-state index contributed by atoms with van der Waals surface area (Å²) in [5.74, 6) is -2.23. The molecule has 1 aliphatic carbocycles. The molecular weight excluding hydrogens is 242 g/mol. The van der Waals surface area contributed by atoms with Crippen LogP contribution in [0.5, 0.6) is 0 Å². The molecule has 17 heavy (non-hydrogen) atoms. The Labute approximate surface area is 145 Å². The molecule has 2 radical (unpaired) electrons. The number of carbonyl (C=O) groups is 2. The van der Waals surface area contributed by atoms with Crippen LogP contribution in [-0.2, 0) is 9.59 Å². The van der Waals surface area contributed by atoms with Gasteiger partial charge in [0.05, 0.1) is 5.57 Å². The third kappa shape index (κ3) is 5.45. The average Bonchev–Trinajstić information content (AvgIpc) is 2.64. The van der Waals surface area contributed by atoms with Crippen molar-refractivity contribution in [2.75, 3.05) is 0 Å². The monoisotopic (exact) mass is 258 g/mol. The van der Waals surface area contributed by atoms with Crippen molar-refractivity contribution in [3.63, 3.8) is 0 Å². The summed E-state index contributed by atoms with van der Waals surface area (Å²) in [6, 6.07) is 0. The molecule has 1 aliphatic rings. The maximum Gasteiger partial charge on any atom is 0.332 e. The Morgan fingerprint density at radius 2 is 1.53 bits per heavy atom. The Morgan fingerprint density at radius 3 is 1.82 bits per heavy atom. The van der Waals surface area contributed by atoms with Gasteiger partial charge in [0.1, 0.15) is 0 Å². The minimum Gasteiger partial charge on any atom is -0.478 e. The number of hydrogen-bond acceptors (Lipinski definition) is 2. The average molecular weight is 258 g/mol. The van der Waals surface area contributed by atoms with Crippen molar-refractivity contribution in [2.24, 2.45) is 5.92 Å². The molecule has 1 fully saturated rings. The Hall–Kier alpha value is 0.680. The Balaban J connectivity index is 0. The van der Waals surface area contributed by atoms with Crippen LogP contribution in [-0.4, -0.2) is 81.3 Å². The SMILES string of the molecule is CCC(C(=O)O)=C(C(=O)O)C1CCCC1.[Na].[Na]. The maximum atomic E-state index is 11.1. The second kappa shape index (κ2) is 9.59. The third-order valence-electron chi connectivity index (χ3n) is 2.93. The van der Waals surface area contributed by atoms with Gasteiger partial charge in [0.15, 0.2) is 0 Å². The summed E-state index contributed by atoms with van der Waals surface area (Å²) >= 11 is 0. The van der Waals surface area contributed by atoms with Crippen molar-refractivity contribution in [1.29, 1.82) is 0 Å². The zero-order valence-electron chi connectivity index (χ0n) is 10.8. The molecule has 2 N–H and O–H groups in total. The van der Waals surface area contributed by atoms with Crippen LogP contribution in [0, 0.1) is 5.92 Å². The van der Waals surface area contributed by atoms with Gasteiger partial charge in [-0.15, -0.1) is 0 Å². The molecule has 0 aromatic carbocycles. The van der Waals surface area contributed by atoms with E-state index in [1.165, 1.54) is 0 Å². The van der Waals surface area contributed by atoms with Gasteiger partial charge in [0.25, 0.3) is 0 Å². The first-order valence-corrected chi connectivity index (χ1v) is 5.27. The van der Waals surface area contributed by atoms with Gasteiger partial charge in [0.2, 0.25) is 0 Å². The van der Waals surface area contributed by atoms with Gasteiger partial charge in [-0.2, -0.15) is 0 Å². The minimum absolute atomic E-state index is 0. The maximum absolute atomic E-state index is 11.1. The molecule has 0 amide bonds. The van der Waals surface area contributed by atoms with E-state index in [1.54, 1.807) is 6.92 Å². The summed E-state index contributed by atoms with van der Waals surface area (Å²) in [5, 5.41) is 18.0. The van der Waals surface area contributed by atoms with Crippen LogP contribution in [0.15, 0.2) is 11.1 Å². The van der Waals surface area contributed by atoms with Gasteiger partial charge in [-0.05, 0) is 25.2 Å². The third-order valence-corrected chi connectivity index (χ3v) is 2.93. The molecule has 0 bridgehead atoms. The number of hydrogen-bond donors (Lipinski definition) is 2. The molecular formula is C11H16Na2O4. The van der Waals surface area contributed by atoms with E-state index in [0.717, 1.165) is 25.7 Å². The standard InChI is InChI=1S/C11H16O4.2Na/c1-2-8(10(12)13)9(11(14)15)7-5-3-4-6-7;;/h7H,2-6H2,1H3,(H,12,13)(H,14,15);;. The van der Waals surface area contributed by atoms with Crippen molar-refractivity contribution < 1.29 is 19.8 Å². The van der Waals surface area contributed by atoms with Crippen LogP contribution in [0.25, 0.3) is 0 Å². The zero-order chi connectivity index (χ0) is 11.4. The van der Waals surface area contributed by atoms with Crippen molar-refractivity contribution in [3.8, 4) is 0 Å². The first-order chi connectivity index (χ1) is 7.07. The van der Waals surface area contributed by atoms with Crippen LogP contribution >= 0.6 is 0 Å². The molecule has 0 aliphatic heterocycles. The topological polar surface area (TPSA) is 74.6 Å². The summed E-state index contributed by atoms with van der Waals surface area (Å²) in [6.45, 7) is 1.68. The Bertz CT molecular complexity index is 307. The van der Waals surface area contributed by atoms with E-state index in [4.69, 9.17) is 10.2 Å². The van der Waals surface area contributed by atoms with Gasteiger partial charge in [-0.25, -0.2) is 9.59 Å². The fourth-order valence-electron chi connectivity index (χ4n) is 2.22. The van der Waals surface area contributed by atoms with E-state index < -0.39 is 11.9 Å². The quantitative estimate of drug-likeness (QED) is 0.588. The molecule has 86 valence electrons. The number of carboxylic acids is 2. The van der Waals surface area contributed by atoms with Crippen LogP contribution < -0.4 is 0 Å². The van der Waals surface area contributed by atoms with Crippen LogP contribution in [0.4, 0.5) is 0 Å². The predicted octanol–water partition coefficient (Wildman–Crippen LogP) is 1.29. The molecule has 1 rings (SSSR count). The molecule has 0 aromatic heterocycles. The Kier molecular flexibility index (Phi) is 11.3. The zero-order valence-corrected chi connectivity index (χ0v) is 14.8.